The van der Waals surface area contributed by atoms with Gasteiger partial charge in [0.2, 0.25) is 5.91 Å². The molecule has 0 aromatic heterocycles. The third-order valence-electron chi connectivity index (χ3n) is 3.46. The number of benzene rings is 1. The first-order valence-corrected chi connectivity index (χ1v) is 5.88. The third-order valence-corrected chi connectivity index (χ3v) is 3.46. The zero-order chi connectivity index (χ0) is 13.3. The molecule has 3 nitrogen and oxygen atoms in total. The molecular formula is C13H16F2N2O. The Kier molecular flexibility index (Phi) is 3.34. The maximum atomic E-state index is 13.5. The quantitative estimate of drug-likeness (QED) is 0.888. The van der Waals surface area contributed by atoms with Crippen molar-refractivity contribution in [1.29, 1.82) is 0 Å². The van der Waals surface area contributed by atoms with Crippen LogP contribution in [0.4, 0.5) is 8.78 Å². The minimum Gasteiger partial charge on any atom is -0.341 e. The second-order valence-corrected chi connectivity index (χ2v) is 4.88. The van der Waals surface area contributed by atoms with Crippen molar-refractivity contribution in [3.8, 4) is 0 Å². The van der Waals surface area contributed by atoms with Gasteiger partial charge in [-0.3, -0.25) is 4.79 Å². The van der Waals surface area contributed by atoms with Gasteiger partial charge >= 0.3 is 0 Å². The van der Waals surface area contributed by atoms with Crippen LogP contribution < -0.4 is 5.73 Å². The van der Waals surface area contributed by atoms with Crippen LogP contribution in [0.3, 0.4) is 0 Å². The predicted molar refractivity (Wildman–Crippen MR) is 63.6 cm³/mol. The van der Waals surface area contributed by atoms with E-state index < -0.39 is 17.0 Å². The lowest BCUT2D eigenvalue weighted by atomic mass is 10.1. The first-order chi connectivity index (χ1) is 8.48. The number of nitrogens with zero attached hydrogens (tertiary/aromatic N) is 1. The normalized spacial score (nSPS) is 16.4. The standard InChI is InChI=1S/C13H16F2N2O/c1-17(12(18)13(8-16)4-5-13)7-9-6-10(14)2-3-11(9)15/h2-3,6H,4-5,7-8,16H2,1H3. The van der Waals surface area contributed by atoms with Crippen molar-refractivity contribution in [3.63, 3.8) is 0 Å². The van der Waals surface area contributed by atoms with E-state index >= 15 is 0 Å². The third kappa shape index (κ3) is 2.36. The van der Waals surface area contributed by atoms with Crippen LogP contribution in [0.15, 0.2) is 18.2 Å². The van der Waals surface area contributed by atoms with Crippen molar-refractivity contribution < 1.29 is 13.6 Å². The molecular weight excluding hydrogens is 238 g/mol. The average Bonchev–Trinajstić information content (AvgIpc) is 3.14. The van der Waals surface area contributed by atoms with Crippen LogP contribution in [-0.2, 0) is 11.3 Å². The molecule has 5 heteroatoms. The second-order valence-electron chi connectivity index (χ2n) is 4.88. The Bertz CT molecular complexity index is 472. The van der Waals surface area contributed by atoms with Crippen LogP contribution in [-0.4, -0.2) is 24.4 Å². The highest BCUT2D eigenvalue weighted by Gasteiger charge is 2.49. The minimum absolute atomic E-state index is 0.0597. The number of carbonyl (C=O) groups excluding carboxylic acids is 1. The molecule has 0 heterocycles. The van der Waals surface area contributed by atoms with Crippen LogP contribution in [0.1, 0.15) is 18.4 Å². The van der Waals surface area contributed by atoms with E-state index in [9.17, 15) is 13.6 Å². The average molecular weight is 254 g/mol. The SMILES string of the molecule is CN(Cc1cc(F)ccc1F)C(=O)C1(CN)CC1. The Morgan fingerprint density at radius 3 is 2.67 bits per heavy atom. The van der Waals surface area contributed by atoms with Crippen LogP contribution in [0, 0.1) is 17.0 Å². The van der Waals surface area contributed by atoms with Gasteiger partial charge in [0.15, 0.2) is 0 Å². The highest BCUT2D eigenvalue weighted by Crippen LogP contribution is 2.46. The summed E-state index contributed by atoms with van der Waals surface area (Å²) in [5.74, 6) is -1.10. The van der Waals surface area contributed by atoms with Gasteiger partial charge in [0, 0.05) is 25.7 Å². The topological polar surface area (TPSA) is 46.3 Å². The van der Waals surface area contributed by atoms with E-state index in [0.29, 0.717) is 6.54 Å². The van der Waals surface area contributed by atoms with Crippen molar-refractivity contribution in [1.82, 2.24) is 4.90 Å². The molecule has 1 aromatic rings. The van der Waals surface area contributed by atoms with Gasteiger partial charge < -0.3 is 10.6 Å². The van der Waals surface area contributed by atoms with E-state index in [2.05, 4.69) is 0 Å². The highest BCUT2D eigenvalue weighted by atomic mass is 19.1. The Labute approximate surface area is 105 Å². The molecule has 0 saturated heterocycles. The molecule has 0 radical (unpaired) electrons. The summed E-state index contributed by atoms with van der Waals surface area (Å²) in [6.07, 6.45) is 1.55. The van der Waals surface area contributed by atoms with Gasteiger partial charge in [-0.2, -0.15) is 0 Å². The number of carbonyl (C=O) groups is 1. The van der Waals surface area contributed by atoms with E-state index in [-0.39, 0.29) is 18.0 Å². The molecule has 98 valence electrons. The van der Waals surface area contributed by atoms with E-state index in [0.717, 1.165) is 31.0 Å². The first-order valence-electron chi connectivity index (χ1n) is 5.88. The van der Waals surface area contributed by atoms with Gasteiger partial charge in [-0.05, 0) is 31.0 Å². The Morgan fingerprint density at radius 2 is 2.11 bits per heavy atom. The monoisotopic (exact) mass is 254 g/mol. The molecule has 1 saturated carbocycles. The van der Waals surface area contributed by atoms with E-state index in [4.69, 9.17) is 5.73 Å². The summed E-state index contributed by atoms with van der Waals surface area (Å²) in [5, 5.41) is 0. The van der Waals surface area contributed by atoms with Crippen molar-refractivity contribution >= 4 is 5.91 Å². The molecule has 1 aromatic carbocycles. The predicted octanol–water partition coefficient (Wildman–Crippen LogP) is 1.66. The maximum Gasteiger partial charge on any atom is 0.230 e. The Hall–Kier alpha value is -1.49. The summed E-state index contributed by atoms with van der Waals surface area (Å²) in [5.41, 5.74) is 5.29. The fourth-order valence-electron chi connectivity index (χ4n) is 2.05. The van der Waals surface area contributed by atoms with Crippen LogP contribution in [0.5, 0.6) is 0 Å². The molecule has 0 unspecified atom stereocenters. The van der Waals surface area contributed by atoms with E-state index in [1.807, 2.05) is 0 Å². The molecule has 18 heavy (non-hydrogen) atoms. The largest absolute Gasteiger partial charge is 0.341 e. The molecule has 1 aliphatic rings. The van der Waals surface area contributed by atoms with Crippen LogP contribution in [0.2, 0.25) is 0 Å². The molecule has 0 bridgehead atoms. The summed E-state index contributed by atoms with van der Waals surface area (Å²) in [7, 11) is 1.59. The first kappa shape index (κ1) is 13.0. The zero-order valence-electron chi connectivity index (χ0n) is 10.2. The molecule has 1 fully saturated rings. The molecule has 1 amide bonds. The summed E-state index contributed by atoms with van der Waals surface area (Å²) < 4.78 is 26.5. The number of amides is 1. The van der Waals surface area contributed by atoms with Gasteiger partial charge in [-0.15, -0.1) is 0 Å². The summed E-state index contributed by atoms with van der Waals surface area (Å²) in [4.78, 5) is 13.5. The van der Waals surface area contributed by atoms with Crippen molar-refractivity contribution in [2.45, 2.75) is 19.4 Å². The number of hydrogen-bond donors (Lipinski definition) is 1. The number of halogens is 2. The van der Waals surface area contributed by atoms with Gasteiger partial charge in [0.1, 0.15) is 11.6 Å². The molecule has 2 rings (SSSR count). The van der Waals surface area contributed by atoms with Gasteiger partial charge in [0.05, 0.1) is 5.41 Å². The highest BCUT2D eigenvalue weighted by molar-refractivity contribution is 5.85. The molecule has 1 aliphatic carbocycles. The number of nitrogens with two attached hydrogens (primary N) is 1. The van der Waals surface area contributed by atoms with Gasteiger partial charge in [0.25, 0.3) is 0 Å². The fourth-order valence-corrected chi connectivity index (χ4v) is 2.05. The molecule has 2 N–H and O–H groups in total. The number of rotatable bonds is 4. The van der Waals surface area contributed by atoms with Crippen molar-refractivity contribution in [2.24, 2.45) is 11.1 Å². The van der Waals surface area contributed by atoms with Crippen molar-refractivity contribution in [3.05, 3.63) is 35.4 Å². The fraction of sp³-hybridized carbons (Fsp3) is 0.462. The number of hydrogen-bond acceptors (Lipinski definition) is 2. The summed E-state index contributed by atoms with van der Waals surface area (Å²) in [6, 6.07) is 3.24. The van der Waals surface area contributed by atoms with E-state index in [1.54, 1.807) is 7.05 Å². The zero-order valence-corrected chi connectivity index (χ0v) is 10.2. The Balaban J connectivity index is 2.09. The molecule has 0 aliphatic heterocycles. The van der Waals surface area contributed by atoms with Crippen LogP contribution >= 0.6 is 0 Å². The lowest BCUT2D eigenvalue weighted by molar-refractivity contribution is -0.135. The van der Waals surface area contributed by atoms with E-state index in [1.165, 1.54) is 4.90 Å². The lowest BCUT2D eigenvalue weighted by Gasteiger charge is -2.22. The molecule has 0 spiro atoms. The molecule has 0 atom stereocenters. The minimum atomic E-state index is -0.507. The smallest absolute Gasteiger partial charge is 0.230 e. The van der Waals surface area contributed by atoms with Crippen molar-refractivity contribution in [2.75, 3.05) is 13.6 Å². The van der Waals surface area contributed by atoms with Gasteiger partial charge in [-0.1, -0.05) is 0 Å². The lowest BCUT2D eigenvalue weighted by Crippen LogP contribution is -2.37. The maximum absolute atomic E-state index is 13.5. The Morgan fingerprint density at radius 1 is 1.44 bits per heavy atom. The summed E-state index contributed by atoms with van der Waals surface area (Å²) >= 11 is 0. The van der Waals surface area contributed by atoms with Crippen LogP contribution in [0.25, 0.3) is 0 Å². The second kappa shape index (κ2) is 4.65. The van der Waals surface area contributed by atoms with Gasteiger partial charge in [-0.25, -0.2) is 8.78 Å². The summed E-state index contributed by atoms with van der Waals surface area (Å²) in [6.45, 7) is 0.367.